The Bertz CT molecular complexity index is 361. The number of halogens is 2. The zero-order valence-corrected chi connectivity index (χ0v) is 8.23. The van der Waals surface area contributed by atoms with Gasteiger partial charge in [-0.3, -0.25) is 10.1 Å². The third-order valence-corrected chi connectivity index (χ3v) is 1.84. The summed E-state index contributed by atoms with van der Waals surface area (Å²) in [6.45, 7) is 0. The molecule has 8 heteroatoms. The minimum atomic E-state index is -0.752. The van der Waals surface area contributed by atoms with Crippen LogP contribution in [-0.2, 0) is 0 Å². The Kier molecular flexibility index (Phi) is 3.07. The molecular weight excluding hydrogens is 237 g/mol. The van der Waals surface area contributed by atoms with Crippen molar-refractivity contribution >= 4 is 46.5 Å². The highest BCUT2D eigenvalue weighted by Crippen LogP contribution is 2.28. The molecule has 0 atom stereocenters. The van der Waals surface area contributed by atoms with Crippen LogP contribution in [0.25, 0.3) is 0 Å². The van der Waals surface area contributed by atoms with E-state index >= 15 is 0 Å². The number of nitro groups is 1. The highest BCUT2D eigenvalue weighted by atomic mass is 35.5. The summed E-state index contributed by atoms with van der Waals surface area (Å²) in [6, 6.07) is 0. The SMILES string of the molecule is O=[N+]([O-])c1c(Cl)nc(C=S)nc1Cl. The van der Waals surface area contributed by atoms with Gasteiger partial charge in [0.25, 0.3) is 0 Å². The van der Waals surface area contributed by atoms with Crippen molar-refractivity contribution in [2.24, 2.45) is 0 Å². The normalized spacial score (nSPS) is 9.69. The molecule has 0 radical (unpaired) electrons. The van der Waals surface area contributed by atoms with Crippen molar-refractivity contribution in [1.82, 2.24) is 9.97 Å². The maximum absolute atomic E-state index is 10.4. The Hall–Kier alpha value is -0.850. The van der Waals surface area contributed by atoms with Gasteiger partial charge in [-0.2, -0.15) is 0 Å². The average Bonchev–Trinajstić information content (AvgIpc) is 2.02. The molecule has 0 fully saturated rings. The standard InChI is InChI=1S/C5HCl2N3O2S/c6-4-3(10(11)12)5(7)9-2(1-13)8-4/h1H. The van der Waals surface area contributed by atoms with Gasteiger partial charge < -0.3 is 0 Å². The molecule has 1 rings (SSSR count). The van der Waals surface area contributed by atoms with Crippen LogP contribution in [0.3, 0.4) is 0 Å². The van der Waals surface area contributed by atoms with E-state index in [4.69, 9.17) is 23.2 Å². The molecule has 5 nitrogen and oxygen atoms in total. The number of thiocarbonyl (C=S) groups is 1. The lowest BCUT2D eigenvalue weighted by molar-refractivity contribution is -0.385. The van der Waals surface area contributed by atoms with E-state index in [0.29, 0.717) is 0 Å². The van der Waals surface area contributed by atoms with Crippen molar-refractivity contribution in [2.75, 3.05) is 0 Å². The molecule has 1 heterocycles. The van der Waals surface area contributed by atoms with Crippen molar-refractivity contribution < 1.29 is 4.92 Å². The van der Waals surface area contributed by atoms with Gasteiger partial charge in [-0.1, -0.05) is 35.4 Å². The second kappa shape index (κ2) is 3.91. The Balaban J connectivity index is 3.39. The largest absolute Gasteiger partial charge is 0.343 e. The molecule has 0 N–H and O–H groups in total. The fourth-order valence-corrected chi connectivity index (χ4v) is 1.26. The van der Waals surface area contributed by atoms with Gasteiger partial charge in [-0.25, -0.2) is 9.97 Å². The highest BCUT2D eigenvalue weighted by molar-refractivity contribution is 7.79. The molecule has 0 saturated carbocycles. The first-order valence-corrected chi connectivity index (χ1v) is 4.11. The Labute approximate surface area is 87.9 Å². The second-order valence-electron chi connectivity index (χ2n) is 1.89. The first-order chi connectivity index (χ1) is 6.06. The summed E-state index contributed by atoms with van der Waals surface area (Å²) in [5.41, 5.74) is -0.510. The van der Waals surface area contributed by atoms with Gasteiger partial charge in [0.1, 0.15) is 0 Å². The average molecular weight is 238 g/mol. The topological polar surface area (TPSA) is 68.9 Å². The van der Waals surface area contributed by atoms with Crippen LogP contribution >= 0.6 is 35.4 Å². The number of hydrogen-bond donors (Lipinski definition) is 0. The van der Waals surface area contributed by atoms with Crippen LogP contribution in [0.1, 0.15) is 5.82 Å². The predicted molar refractivity (Wildman–Crippen MR) is 51.5 cm³/mol. The summed E-state index contributed by atoms with van der Waals surface area (Å²) >= 11 is 15.4. The van der Waals surface area contributed by atoms with Crippen LogP contribution < -0.4 is 0 Å². The van der Waals surface area contributed by atoms with E-state index in [0.717, 1.165) is 5.37 Å². The van der Waals surface area contributed by atoms with E-state index in [9.17, 15) is 10.1 Å². The lowest BCUT2D eigenvalue weighted by atomic mass is 10.5. The summed E-state index contributed by atoms with van der Waals surface area (Å²) in [4.78, 5) is 16.7. The predicted octanol–water partition coefficient (Wildman–Crippen LogP) is 2.04. The summed E-state index contributed by atoms with van der Waals surface area (Å²) in [6.07, 6.45) is 0. The number of aromatic nitrogens is 2. The molecule has 1 aromatic heterocycles. The van der Waals surface area contributed by atoms with Crippen LogP contribution in [0.4, 0.5) is 5.69 Å². The number of hydrogen-bond acceptors (Lipinski definition) is 5. The monoisotopic (exact) mass is 237 g/mol. The second-order valence-corrected chi connectivity index (χ2v) is 2.84. The number of rotatable bonds is 2. The van der Waals surface area contributed by atoms with E-state index in [1.807, 2.05) is 0 Å². The number of nitrogens with zero attached hydrogens (tertiary/aromatic N) is 3. The Morgan fingerprint density at radius 1 is 1.38 bits per heavy atom. The minimum Gasteiger partial charge on any atom is -0.258 e. The summed E-state index contributed by atoms with van der Waals surface area (Å²) < 4.78 is 0. The van der Waals surface area contributed by atoms with E-state index in [1.54, 1.807) is 0 Å². The van der Waals surface area contributed by atoms with Crippen molar-refractivity contribution in [1.29, 1.82) is 0 Å². The molecule has 0 unspecified atom stereocenters. The van der Waals surface area contributed by atoms with E-state index in [-0.39, 0.29) is 16.1 Å². The lowest BCUT2D eigenvalue weighted by Gasteiger charge is -1.97. The van der Waals surface area contributed by atoms with Crippen LogP contribution in [-0.4, -0.2) is 20.3 Å². The van der Waals surface area contributed by atoms with Gasteiger partial charge in [0.2, 0.25) is 10.3 Å². The lowest BCUT2D eigenvalue weighted by Crippen LogP contribution is -1.99. The molecule has 13 heavy (non-hydrogen) atoms. The Morgan fingerprint density at radius 2 is 1.85 bits per heavy atom. The van der Waals surface area contributed by atoms with E-state index < -0.39 is 10.6 Å². The maximum Gasteiger partial charge on any atom is 0.343 e. The molecule has 0 saturated heterocycles. The van der Waals surface area contributed by atoms with Crippen molar-refractivity contribution in [2.45, 2.75) is 0 Å². The van der Waals surface area contributed by atoms with Gasteiger partial charge in [-0.05, 0) is 0 Å². The van der Waals surface area contributed by atoms with Crippen LogP contribution in [0.5, 0.6) is 0 Å². The molecule has 0 aromatic carbocycles. The molecule has 0 spiro atoms. The summed E-state index contributed by atoms with van der Waals surface area (Å²) in [7, 11) is 0. The van der Waals surface area contributed by atoms with E-state index in [1.165, 1.54) is 0 Å². The fraction of sp³-hybridized carbons (Fsp3) is 0. The summed E-state index contributed by atoms with van der Waals surface area (Å²) in [5.74, 6) is 0.0793. The Morgan fingerprint density at radius 3 is 2.15 bits per heavy atom. The van der Waals surface area contributed by atoms with Crippen LogP contribution in [0, 0.1) is 10.1 Å². The maximum atomic E-state index is 10.4. The third-order valence-electron chi connectivity index (χ3n) is 1.10. The smallest absolute Gasteiger partial charge is 0.258 e. The van der Waals surface area contributed by atoms with Crippen LogP contribution in [0.2, 0.25) is 10.3 Å². The fourth-order valence-electron chi connectivity index (χ4n) is 0.621. The van der Waals surface area contributed by atoms with Gasteiger partial charge in [0.15, 0.2) is 5.82 Å². The first-order valence-electron chi connectivity index (χ1n) is 2.89. The molecule has 68 valence electrons. The molecular formula is C5HCl2N3O2S. The van der Waals surface area contributed by atoms with Crippen molar-refractivity contribution in [3.8, 4) is 0 Å². The van der Waals surface area contributed by atoms with Crippen LogP contribution in [0.15, 0.2) is 0 Å². The zero-order chi connectivity index (χ0) is 10.0. The van der Waals surface area contributed by atoms with Gasteiger partial charge in [0.05, 0.1) is 4.92 Å². The molecule has 1 aromatic rings. The van der Waals surface area contributed by atoms with E-state index in [2.05, 4.69) is 22.2 Å². The molecule has 0 aliphatic heterocycles. The molecule has 0 aliphatic rings. The summed E-state index contributed by atoms with van der Waals surface area (Å²) in [5, 5.41) is 10.9. The molecule has 0 bridgehead atoms. The van der Waals surface area contributed by atoms with Gasteiger partial charge in [0, 0.05) is 5.37 Å². The highest BCUT2D eigenvalue weighted by Gasteiger charge is 2.21. The van der Waals surface area contributed by atoms with Crippen molar-refractivity contribution in [3.63, 3.8) is 0 Å². The van der Waals surface area contributed by atoms with Gasteiger partial charge in [-0.15, -0.1) is 0 Å². The van der Waals surface area contributed by atoms with Crippen molar-refractivity contribution in [3.05, 3.63) is 26.2 Å². The third kappa shape index (κ3) is 2.09. The van der Waals surface area contributed by atoms with Gasteiger partial charge >= 0.3 is 5.69 Å². The first kappa shape index (κ1) is 10.2. The minimum absolute atomic E-state index is 0.0793. The molecule has 0 aliphatic carbocycles. The molecule has 0 amide bonds. The quantitative estimate of drug-likeness (QED) is 0.341. The zero-order valence-electron chi connectivity index (χ0n) is 5.90.